The van der Waals surface area contributed by atoms with Crippen LogP contribution in [0.5, 0.6) is 0 Å². The first kappa shape index (κ1) is 14.3. The monoisotopic (exact) mass is 256 g/mol. The van der Waals surface area contributed by atoms with Crippen LogP contribution < -0.4 is 10.6 Å². The van der Waals surface area contributed by atoms with Gasteiger partial charge < -0.3 is 20.1 Å². The smallest absolute Gasteiger partial charge is 0.0604 e. The molecule has 1 saturated heterocycles. The Hall–Kier alpha value is -0.160. The average molecular weight is 256 g/mol. The molecule has 1 heterocycles. The van der Waals surface area contributed by atoms with E-state index in [0.717, 1.165) is 32.8 Å². The molecular weight excluding hydrogens is 228 g/mol. The molecule has 1 aliphatic carbocycles. The second-order valence-electron chi connectivity index (χ2n) is 5.81. The van der Waals surface area contributed by atoms with E-state index >= 15 is 0 Å². The summed E-state index contributed by atoms with van der Waals surface area (Å²) < 4.78 is 11.0. The fourth-order valence-electron chi connectivity index (χ4n) is 3.10. The standard InChI is InChI=1S/C14H28N2O2/c1-3-18-13-8-12(9-13)16-10-14(11-17-2)4-6-15-7-5-14/h12-13,15-16H,3-11H2,1-2H3. The van der Waals surface area contributed by atoms with E-state index < -0.39 is 0 Å². The van der Waals surface area contributed by atoms with Gasteiger partial charge in [0.1, 0.15) is 0 Å². The molecule has 0 radical (unpaired) electrons. The third-order valence-electron chi connectivity index (χ3n) is 4.38. The molecule has 4 heteroatoms. The third kappa shape index (κ3) is 3.67. The first-order chi connectivity index (χ1) is 8.78. The molecule has 0 aromatic rings. The molecular formula is C14H28N2O2. The van der Waals surface area contributed by atoms with Gasteiger partial charge in [0, 0.05) is 31.7 Å². The number of nitrogens with one attached hydrogen (secondary N) is 2. The highest BCUT2D eigenvalue weighted by Crippen LogP contribution is 2.30. The van der Waals surface area contributed by atoms with Crippen LogP contribution >= 0.6 is 0 Å². The van der Waals surface area contributed by atoms with E-state index in [4.69, 9.17) is 9.47 Å². The molecule has 0 aromatic carbocycles. The number of piperidine rings is 1. The minimum atomic E-state index is 0.344. The Morgan fingerprint density at radius 2 is 2.00 bits per heavy atom. The number of rotatable bonds is 7. The van der Waals surface area contributed by atoms with Gasteiger partial charge in [0.2, 0.25) is 0 Å². The lowest BCUT2D eigenvalue weighted by Gasteiger charge is -2.41. The van der Waals surface area contributed by atoms with E-state index in [9.17, 15) is 0 Å². The molecule has 1 saturated carbocycles. The summed E-state index contributed by atoms with van der Waals surface area (Å²) in [6, 6.07) is 0.658. The lowest BCUT2D eigenvalue weighted by molar-refractivity contribution is -0.0171. The van der Waals surface area contributed by atoms with Gasteiger partial charge in [-0.15, -0.1) is 0 Å². The molecule has 4 nitrogen and oxygen atoms in total. The van der Waals surface area contributed by atoms with Gasteiger partial charge in [0.15, 0.2) is 0 Å². The predicted octanol–water partition coefficient (Wildman–Crippen LogP) is 1.16. The molecule has 106 valence electrons. The van der Waals surface area contributed by atoms with E-state index in [2.05, 4.69) is 17.6 Å². The second-order valence-corrected chi connectivity index (χ2v) is 5.81. The summed E-state index contributed by atoms with van der Waals surface area (Å²) in [4.78, 5) is 0. The Labute approximate surface area is 111 Å². The number of hydrogen-bond donors (Lipinski definition) is 2. The molecule has 18 heavy (non-hydrogen) atoms. The van der Waals surface area contributed by atoms with Gasteiger partial charge in [-0.3, -0.25) is 0 Å². The molecule has 0 spiro atoms. The minimum absolute atomic E-state index is 0.344. The Morgan fingerprint density at radius 1 is 1.28 bits per heavy atom. The Balaban J connectivity index is 1.70. The summed E-state index contributed by atoms with van der Waals surface area (Å²) in [5.74, 6) is 0. The van der Waals surface area contributed by atoms with Crippen molar-refractivity contribution in [3.8, 4) is 0 Å². The van der Waals surface area contributed by atoms with E-state index in [1.165, 1.54) is 25.7 Å². The Morgan fingerprint density at radius 3 is 2.61 bits per heavy atom. The van der Waals surface area contributed by atoms with Gasteiger partial charge >= 0.3 is 0 Å². The van der Waals surface area contributed by atoms with Crippen molar-refractivity contribution < 1.29 is 9.47 Å². The van der Waals surface area contributed by atoms with Crippen LogP contribution in [0.1, 0.15) is 32.6 Å². The highest BCUT2D eigenvalue weighted by Gasteiger charge is 2.35. The zero-order valence-electron chi connectivity index (χ0n) is 11.8. The summed E-state index contributed by atoms with van der Waals surface area (Å²) in [6.45, 7) is 7.13. The Kier molecular flexibility index (Phi) is 5.42. The van der Waals surface area contributed by atoms with Crippen molar-refractivity contribution >= 4 is 0 Å². The van der Waals surface area contributed by atoms with Gasteiger partial charge in [-0.25, -0.2) is 0 Å². The van der Waals surface area contributed by atoms with Gasteiger partial charge in [0.25, 0.3) is 0 Å². The van der Waals surface area contributed by atoms with Gasteiger partial charge in [-0.1, -0.05) is 0 Å². The lowest BCUT2D eigenvalue weighted by atomic mass is 9.78. The van der Waals surface area contributed by atoms with Crippen molar-refractivity contribution in [3.63, 3.8) is 0 Å². The molecule has 0 unspecified atom stereocenters. The second kappa shape index (κ2) is 6.85. The van der Waals surface area contributed by atoms with Crippen LogP contribution in [0.2, 0.25) is 0 Å². The first-order valence-corrected chi connectivity index (χ1v) is 7.32. The largest absolute Gasteiger partial charge is 0.384 e. The van der Waals surface area contributed by atoms with Crippen molar-refractivity contribution in [3.05, 3.63) is 0 Å². The van der Waals surface area contributed by atoms with Crippen molar-refractivity contribution in [2.24, 2.45) is 5.41 Å². The van der Waals surface area contributed by atoms with Gasteiger partial charge in [0.05, 0.1) is 12.7 Å². The van der Waals surface area contributed by atoms with Gasteiger partial charge in [-0.2, -0.15) is 0 Å². The van der Waals surface area contributed by atoms with Crippen LogP contribution in [0.3, 0.4) is 0 Å². The number of methoxy groups -OCH3 is 1. The zero-order valence-corrected chi connectivity index (χ0v) is 11.8. The predicted molar refractivity (Wildman–Crippen MR) is 72.9 cm³/mol. The van der Waals surface area contributed by atoms with Crippen LogP contribution in [0.4, 0.5) is 0 Å². The molecule has 2 fully saturated rings. The number of ether oxygens (including phenoxy) is 2. The third-order valence-corrected chi connectivity index (χ3v) is 4.38. The van der Waals surface area contributed by atoms with Crippen LogP contribution in [0, 0.1) is 5.41 Å². The normalized spacial score (nSPS) is 31.0. The van der Waals surface area contributed by atoms with Crippen LogP contribution in [0.25, 0.3) is 0 Å². The maximum Gasteiger partial charge on any atom is 0.0604 e. The summed E-state index contributed by atoms with van der Waals surface area (Å²) in [6.07, 6.45) is 5.29. The fraction of sp³-hybridized carbons (Fsp3) is 1.00. The summed E-state index contributed by atoms with van der Waals surface area (Å²) in [7, 11) is 1.82. The van der Waals surface area contributed by atoms with Gasteiger partial charge in [-0.05, 0) is 45.7 Å². The van der Waals surface area contributed by atoms with E-state index in [1.54, 1.807) is 0 Å². The maximum atomic E-state index is 5.60. The van der Waals surface area contributed by atoms with Crippen LogP contribution in [-0.2, 0) is 9.47 Å². The molecule has 2 aliphatic rings. The summed E-state index contributed by atoms with van der Waals surface area (Å²) >= 11 is 0. The molecule has 2 N–H and O–H groups in total. The summed E-state index contributed by atoms with van der Waals surface area (Å²) in [5, 5.41) is 7.15. The van der Waals surface area contributed by atoms with Crippen molar-refractivity contribution in [1.29, 1.82) is 0 Å². The molecule has 1 aliphatic heterocycles. The van der Waals surface area contributed by atoms with Crippen molar-refractivity contribution in [2.45, 2.75) is 44.8 Å². The van der Waals surface area contributed by atoms with E-state index in [0.29, 0.717) is 17.6 Å². The minimum Gasteiger partial charge on any atom is -0.384 e. The average Bonchev–Trinajstić information content (AvgIpc) is 2.33. The molecule has 0 aromatic heterocycles. The summed E-state index contributed by atoms with van der Waals surface area (Å²) in [5.41, 5.74) is 0.344. The highest BCUT2D eigenvalue weighted by molar-refractivity contribution is 4.91. The topological polar surface area (TPSA) is 42.5 Å². The molecule has 0 bridgehead atoms. The zero-order chi connectivity index (χ0) is 12.8. The van der Waals surface area contributed by atoms with E-state index in [-0.39, 0.29) is 0 Å². The van der Waals surface area contributed by atoms with Crippen LogP contribution in [0.15, 0.2) is 0 Å². The first-order valence-electron chi connectivity index (χ1n) is 7.32. The molecule has 0 amide bonds. The molecule has 2 rings (SSSR count). The quantitative estimate of drug-likeness (QED) is 0.717. The van der Waals surface area contributed by atoms with E-state index in [1.807, 2.05) is 7.11 Å². The maximum absolute atomic E-state index is 5.60. The van der Waals surface area contributed by atoms with Crippen molar-refractivity contribution in [1.82, 2.24) is 10.6 Å². The van der Waals surface area contributed by atoms with Crippen molar-refractivity contribution in [2.75, 3.05) is 40.0 Å². The lowest BCUT2D eigenvalue weighted by Crippen LogP contribution is -2.52. The highest BCUT2D eigenvalue weighted by atomic mass is 16.5. The SMILES string of the molecule is CCOC1CC(NCC2(COC)CCNCC2)C1. The molecule has 0 atom stereocenters. The fourth-order valence-corrected chi connectivity index (χ4v) is 3.10. The van der Waals surface area contributed by atoms with Crippen LogP contribution in [-0.4, -0.2) is 52.1 Å². The number of hydrogen-bond acceptors (Lipinski definition) is 4. The Bertz CT molecular complexity index is 230.